The van der Waals surface area contributed by atoms with Crippen molar-refractivity contribution in [1.82, 2.24) is 19.6 Å². The van der Waals surface area contributed by atoms with Gasteiger partial charge in [0, 0.05) is 31.9 Å². The first kappa shape index (κ1) is 16.0. The molecule has 0 aromatic carbocycles. The molecule has 6 nitrogen and oxygen atoms in total. The molecule has 2 saturated heterocycles. The fraction of sp³-hybridized carbons (Fsp3) is 0.706. The van der Waals surface area contributed by atoms with Crippen molar-refractivity contribution in [2.45, 2.75) is 57.5 Å². The molecule has 0 radical (unpaired) electrons. The van der Waals surface area contributed by atoms with E-state index in [0.29, 0.717) is 6.42 Å². The number of likely N-dealkylation sites (tertiary alicyclic amines) is 2. The number of hydrogen-bond donors (Lipinski definition) is 0. The highest BCUT2D eigenvalue weighted by Gasteiger charge is 2.29. The first-order chi connectivity index (χ1) is 11.2. The zero-order valence-electron chi connectivity index (χ0n) is 13.7. The van der Waals surface area contributed by atoms with Crippen LogP contribution in [0.4, 0.5) is 0 Å². The van der Waals surface area contributed by atoms with Crippen molar-refractivity contribution in [3.8, 4) is 0 Å². The lowest BCUT2D eigenvalue weighted by atomic mass is 10.0. The number of piperidine rings is 1. The normalized spacial score (nSPS) is 23.0. The summed E-state index contributed by atoms with van der Waals surface area (Å²) >= 11 is 0. The van der Waals surface area contributed by atoms with E-state index in [1.807, 2.05) is 21.8 Å². The van der Waals surface area contributed by atoms with E-state index < -0.39 is 0 Å². The Bertz CT molecular complexity index is 529. The lowest BCUT2D eigenvalue weighted by Crippen LogP contribution is -2.50. The number of carbonyl (C=O) groups excluding carboxylic acids is 2. The van der Waals surface area contributed by atoms with Crippen LogP contribution in [0.2, 0.25) is 0 Å². The highest BCUT2D eigenvalue weighted by Crippen LogP contribution is 2.19. The van der Waals surface area contributed by atoms with Crippen LogP contribution in [0.3, 0.4) is 0 Å². The molecule has 0 unspecified atom stereocenters. The van der Waals surface area contributed by atoms with Gasteiger partial charge in [0.05, 0.1) is 19.1 Å². The lowest BCUT2D eigenvalue weighted by Gasteiger charge is -2.37. The molecule has 0 N–H and O–H groups in total. The molecule has 6 heteroatoms. The Balaban J connectivity index is 1.62. The van der Waals surface area contributed by atoms with Crippen molar-refractivity contribution in [2.24, 2.45) is 0 Å². The SMILES string of the molecule is O=C1CCCCCN1CC(=O)N1CCCC[C@H]1Cn1cccn1. The van der Waals surface area contributed by atoms with Gasteiger partial charge in [-0.25, -0.2) is 0 Å². The standard InChI is InChI=1S/C17H26N4O2/c22-16-8-2-1-4-10-19(16)14-17(23)21-12-5-3-7-15(21)13-20-11-6-9-18-20/h6,9,11,15H,1-5,7-8,10,12-14H2/t15-/m0/s1. The Morgan fingerprint density at radius 1 is 1.17 bits per heavy atom. The molecule has 1 atom stereocenters. The maximum atomic E-state index is 12.8. The van der Waals surface area contributed by atoms with Crippen molar-refractivity contribution in [1.29, 1.82) is 0 Å². The van der Waals surface area contributed by atoms with Crippen molar-refractivity contribution in [2.75, 3.05) is 19.6 Å². The van der Waals surface area contributed by atoms with Gasteiger partial charge in [-0.05, 0) is 38.2 Å². The summed E-state index contributed by atoms with van der Waals surface area (Å²) in [5, 5.41) is 4.26. The van der Waals surface area contributed by atoms with Crippen LogP contribution in [0.5, 0.6) is 0 Å². The van der Waals surface area contributed by atoms with Crippen molar-refractivity contribution < 1.29 is 9.59 Å². The highest BCUT2D eigenvalue weighted by atomic mass is 16.2. The summed E-state index contributed by atoms with van der Waals surface area (Å²) < 4.78 is 1.90. The number of rotatable bonds is 4. The molecule has 23 heavy (non-hydrogen) atoms. The van der Waals surface area contributed by atoms with Crippen LogP contribution in [0.1, 0.15) is 44.9 Å². The summed E-state index contributed by atoms with van der Waals surface area (Å²) in [6, 6.07) is 2.10. The topological polar surface area (TPSA) is 58.4 Å². The predicted octanol–water partition coefficient (Wildman–Crippen LogP) is 1.67. The summed E-state index contributed by atoms with van der Waals surface area (Å²) in [5.41, 5.74) is 0. The van der Waals surface area contributed by atoms with E-state index >= 15 is 0 Å². The Kier molecular flexibility index (Phi) is 5.31. The van der Waals surface area contributed by atoms with Crippen molar-refractivity contribution >= 4 is 11.8 Å². The summed E-state index contributed by atoms with van der Waals surface area (Å²) in [4.78, 5) is 28.6. The number of aromatic nitrogens is 2. The molecule has 1 aromatic rings. The monoisotopic (exact) mass is 318 g/mol. The van der Waals surface area contributed by atoms with Crippen LogP contribution < -0.4 is 0 Å². The summed E-state index contributed by atoms with van der Waals surface area (Å²) in [7, 11) is 0. The quantitative estimate of drug-likeness (QED) is 0.848. The number of carbonyl (C=O) groups is 2. The van der Waals surface area contributed by atoms with Gasteiger partial charge in [0.2, 0.25) is 11.8 Å². The molecule has 0 spiro atoms. The zero-order valence-corrected chi connectivity index (χ0v) is 13.7. The summed E-state index contributed by atoms with van der Waals surface area (Å²) in [6.07, 6.45) is 10.6. The third-order valence-corrected chi connectivity index (χ3v) is 4.90. The second-order valence-corrected chi connectivity index (χ2v) is 6.59. The van der Waals surface area contributed by atoms with Crippen molar-refractivity contribution in [3.63, 3.8) is 0 Å². The van der Waals surface area contributed by atoms with Gasteiger partial charge in [0.1, 0.15) is 0 Å². The number of nitrogens with zero attached hydrogens (tertiary/aromatic N) is 4. The van der Waals surface area contributed by atoms with E-state index in [1.54, 1.807) is 11.1 Å². The maximum absolute atomic E-state index is 12.8. The van der Waals surface area contributed by atoms with Crippen LogP contribution in [-0.2, 0) is 16.1 Å². The fourth-order valence-corrected chi connectivity index (χ4v) is 3.60. The van der Waals surface area contributed by atoms with E-state index in [9.17, 15) is 9.59 Å². The molecule has 0 aliphatic carbocycles. The Hall–Kier alpha value is -1.85. The predicted molar refractivity (Wildman–Crippen MR) is 86.6 cm³/mol. The largest absolute Gasteiger partial charge is 0.336 e. The smallest absolute Gasteiger partial charge is 0.242 e. The van der Waals surface area contributed by atoms with E-state index in [2.05, 4.69) is 5.10 Å². The molecular formula is C17H26N4O2. The summed E-state index contributed by atoms with van der Waals surface area (Å²) in [6.45, 7) is 2.51. The van der Waals surface area contributed by atoms with Gasteiger partial charge in [-0.1, -0.05) is 6.42 Å². The molecule has 126 valence electrons. The fourth-order valence-electron chi connectivity index (χ4n) is 3.60. The number of hydrogen-bond acceptors (Lipinski definition) is 3. The minimum Gasteiger partial charge on any atom is -0.336 e. The molecule has 2 aliphatic heterocycles. The minimum absolute atomic E-state index is 0.0945. The Morgan fingerprint density at radius 2 is 2.04 bits per heavy atom. The minimum atomic E-state index is 0.0945. The van der Waals surface area contributed by atoms with Crippen LogP contribution in [0.25, 0.3) is 0 Å². The second-order valence-electron chi connectivity index (χ2n) is 6.59. The third-order valence-electron chi connectivity index (χ3n) is 4.90. The lowest BCUT2D eigenvalue weighted by molar-refractivity contribution is -0.142. The molecule has 3 heterocycles. The van der Waals surface area contributed by atoms with Gasteiger partial charge in [0.25, 0.3) is 0 Å². The average Bonchev–Trinajstić information content (AvgIpc) is 2.98. The first-order valence-corrected chi connectivity index (χ1v) is 8.79. The molecular weight excluding hydrogens is 292 g/mol. The molecule has 2 aliphatic rings. The van der Waals surface area contributed by atoms with Crippen LogP contribution in [0, 0.1) is 0 Å². The van der Waals surface area contributed by atoms with Crippen molar-refractivity contribution in [3.05, 3.63) is 18.5 Å². The Morgan fingerprint density at radius 3 is 2.87 bits per heavy atom. The Labute approximate surface area is 137 Å². The average molecular weight is 318 g/mol. The van der Waals surface area contributed by atoms with Crippen LogP contribution in [-0.4, -0.2) is 57.1 Å². The van der Waals surface area contributed by atoms with E-state index in [0.717, 1.165) is 58.2 Å². The van der Waals surface area contributed by atoms with Gasteiger partial charge >= 0.3 is 0 Å². The zero-order chi connectivity index (χ0) is 16.1. The van der Waals surface area contributed by atoms with Crippen LogP contribution in [0.15, 0.2) is 18.5 Å². The summed E-state index contributed by atoms with van der Waals surface area (Å²) in [5.74, 6) is 0.230. The first-order valence-electron chi connectivity index (χ1n) is 8.79. The molecule has 2 fully saturated rings. The van der Waals surface area contributed by atoms with Gasteiger partial charge in [-0.3, -0.25) is 14.3 Å². The molecule has 3 rings (SSSR count). The van der Waals surface area contributed by atoms with Crippen LogP contribution >= 0.6 is 0 Å². The molecule has 1 aromatic heterocycles. The van der Waals surface area contributed by atoms with E-state index in [4.69, 9.17) is 0 Å². The van der Waals surface area contributed by atoms with E-state index in [-0.39, 0.29) is 24.4 Å². The van der Waals surface area contributed by atoms with Gasteiger partial charge in [0.15, 0.2) is 0 Å². The van der Waals surface area contributed by atoms with Gasteiger partial charge in [-0.2, -0.15) is 5.10 Å². The molecule has 2 amide bonds. The number of amides is 2. The van der Waals surface area contributed by atoms with E-state index in [1.165, 1.54) is 0 Å². The highest BCUT2D eigenvalue weighted by molar-refractivity contribution is 5.85. The van der Waals surface area contributed by atoms with Gasteiger partial charge in [-0.15, -0.1) is 0 Å². The molecule has 0 saturated carbocycles. The maximum Gasteiger partial charge on any atom is 0.242 e. The molecule has 0 bridgehead atoms. The second kappa shape index (κ2) is 7.62. The third kappa shape index (κ3) is 4.12. The van der Waals surface area contributed by atoms with Gasteiger partial charge < -0.3 is 9.80 Å².